The summed E-state index contributed by atoms with van der Waals surface area (Å²) in [6, 6.07) is 0.470. The van der Waals surface area contributed by atoms with Gasteiger partial charge in [-0.2, -0.15) is 0 Å². The second-order valence-corrected chi connectivity index (χ2v) is 8.24. The molecule has 4 aliphatic rings. The zero-order valence-corrected chi connectivity index (χ0v) is 12.5. The first-order valence-corrected chi connectivity index (χ1v) is 8.26. The maximum atomic E-state index is 6.80. The largest absolute Gasteiger partial charge is 0.327 e. The van der Waals surface area contributed by atoms with Crippen LogP contribution in [0.15, 0.2) is 0 Å². The Kier molecular flexibility index (Phi) is 3.05. The number of nitrogens with two attached hydrogens (primary N) is 1. The summed E-state index contributed by atoms with van der Waals surface area (Å²) in [6.07, 6.45) is 11.4. The SMILES string of the molecule is CCC(CC)C(N)C12CC3CC(CC(C)(C3)C1)C2. The molecule has 1 heteroatoms. The molecule has 0 amide bonds. The molecule has 4 saturated carbocycles. The monoisotopic (exact) mass is 249 g/mol. The van der Waals surface area contributed by atoms with Gasteiger partial charge in [0.2, 0.25) is 0 Å². The summed E-state index contributed by atoms with van der Waals surface area (Å²) >= 11 is 0. The molecule has 0 radical (unpaired) electrons. The van der Waals surface area contributed by atoms with Crippen molar-refractivity contribution in [2.24, 2.45) is 34.3 Å². The fraction of sp³-hybridized carbons (Fsp3) is 1.00. The molecular formula is C17H31N. The van der Waals surface area contributed by atoms with E-state index in [1.54, 1.807) is 0 Å². The fourth-order valence-electron chi connectivity index (χ4n) is 6.48. The van der Waals surface area contributed by atoms with Gasteiger partial charge in [-0.3, -0.25) is 0 Å². The van der Waals surface area contributed by atoms with Gasteiger partial charge in [0, 0.05) is 6.04 Å². The van der Waals surface area contributed by atoms with Crippen molar-refractivity contribution in [3.8, 4) is 0 Å². The summed E-state index contributed by atoms with van der Waals surface area (Å²) in [5, 5.41) is 0. The van der Waals surface area contributed by atoms with Crippen molar-refractivity contribution in [3.05, 3.63) is 0 Å². The van der Waals surface area contributed by atoms with E-state index in [0.29, 0.717) is 16.9 Å². The molecule has 0 aromatic carbocycles. The summed E-state index contributed by atoms with van der Waals surface area (Å²) < 4.78 is 0. The highest BCUT2D eigenvalue weighted by Crippen LogP contribution is 2.66. The smallest absolute Gasteiger partial charge is 0.0124 e. The molecule has 104 valence electrons. The van der Waals surface area contributed by atoms with Gasteiger partial charge in [0.05, 0.1) is 0 Å². The van der Waals surface area contributed by atoms with Crippen molar-refractivity contribution in [2.75, 3.05) is 0 Å². The minimum Gasteiger partial charge on any atom is -0.327 e. The molecule has 3 unspecified atom stereocenters. The maximum absolute atomic E-state index is 6.80. The van der Waals surface area contributed by atoms with Gasteiger partial charge in [-0.25, -0.2) is 0 Å². The molecule has 3 atom stereocenters. The minimum absolute atomic E-state index is 0.470. The van der Waals surface area contributed by atoms with Crippen molar-refractivity contribution in [1.29, 1.82) is 0 Å². The van der Waals surface area contributed by atoms with Gasteiger partial charge >= 0.3 is 0 Å². The summed E-state index contributed by atoms with van der Waals surface area (Å²) in [4.78, 5) is 0. The molecule has 0 aliphatic heterocycles. The fourth-order valence-corrected chi connectivity index (χ4v) is 6.48. The number of hydrogen-bond donors (Lipinski definition) is 1. The molecule has 0 heterocycles. The lowest BCUT2D eigenvalue weighted by Crippen LogP contribution is -2.59. The van der Waals surface area contributed by atoms with Crippen molar-refractivity contribution in [3.63, 3.8) is 0 Å². The average Bonchev–Trinajstić information content (AvgIpc) is 2.27. The Morgan fingerprint density at radius 2 is 1.61 bits per heavy atom. The van der Waals surface area contributed by atoms with Crippen LogP contribution in [-0.2, 0) is 0 Å². The van der Waals surface area contributed by atoms with E-state index >= 15 is 0 Å². The Morgan fingerprint density at radius 3 is 2.06 bits per heavy atom. The van der Waals surface area contributed by atoms with Gasteiger partial charge < -0.3 is 5.73 Å². The van der Waals surface area contributed by atoms with E-state index in [2.05, 4.69) is 20.8 Å². The second kappa shape index (κ2) is 4.23. The lowest BCUT2D eigenvalue weighted by atomic mass is 9.42. The summed E-state index contributed by atoms with van der Waals surface area (Å²) in [5.74, 6) is 2.78. The van der Waals surface area contributed by atoms with E-state index in [1.807, 2.05) is 0 Å². The van der Waals surface area contributed by atoms with E-state index in [4.69, 9.17) is 5.73 Å². The summed E-state index contributed by atoms with van der Waals surface area (Å²) in [5.41, 5.74) is 7.97. The first-order chi connectivity index (χ1) is 8.50. The van der Waals surface area contributed by atoms with Gasteiger partial charge in [0.1, 0.15) is 0 Å². The Labute approximate surface area is 113 Å². The van der Waals surface area contributed by atoms with Crippen LogP contribution in [0.1, 0.15) is 72.1 Å². The minimum atomic E-state index is 0.470. The van der Waals surface area contributed by atoms with Crippen LogP contribution in [-0.4, -0.2) is 6.04 Å². The third kappa shape index (κ3) is 1.85. The normalized spacial score (nSPS) is 47.8. The highest BCUT2D eigenvalue weighted by Gasteiger charge is 2.58. The van der Waals surface area contributed by atoms with E-state index in [1.165, 1.54) is 51.4 Å². The van der Waals surface area contributed by atoms with Crippen LogP contribution >= 0.6 is 0 Å². The average molecular weight is 249 g/mol. The van der Waals surface area contributed by atoms with Crippen LogP contribution < -0.4 is 5.73 Å². The van der Waals surface area contributed by atoms with E-state index in [-0.39, 0.29) is 0 Å². The van der Waals surface area contributed by atoms with Crippen LogP contribution in [0, 0.1) is 28.6 Å². The molecule has 18 heavy (non-hydrogen) atoms. The molecule has 4 fully saturated rings. The van der Waals surface area contributed by atoms with Crippen molar-refractivity contribution in [1.82, 2.24) is 0 Å². The third-order valence-electron chi connectivity index (χ3n) is 6.66. The highest BCUT2D eigenvalue weighted by molar-refractivity contribution is 5.10. The number of hydrogen-bond acceptors (Lipinski definition) is 1. The van der Waals surface area contributed by atoms with Crippen LogP contribution in [0.3, 0.4) is 0 Å². The molecule has 4 rings (SSSR count). The Hall–Kier alpha value is -0.0400. The molecule has 2 N–H and O–H groups in total. The van der Waals surface area contributed by atoms with E-state index in [9.17, 15) is 0 Å². The molecule has 1 nitrogen and oxygen atoms in total. The van der Waals surface area contributed by atoms with Crippen LogP contribution in [0.5, 0.6) is 0 Å². The van der Waals surface area contributed by atoms with Crippen LogP contribution in [0.25, 0.3) is 0 Å². The van der Waals surface area contributed by atoms with E-state index < -0.39 is 0 Å². The maximum Gasteiger partial charge on any atom is 0.0124 e. The first-order valence-electron chi connectivity index (χ1n) is 8.26. The van der Waals surface area contributed by atoms with Gasteiger partial charge in [-0.05, 0) is 67.1 Å². The molecule has 0 spiro atoms. The van der Waals surface area contributed by atoms with Crippen LogP contribution in [0.4, 0.5) is 0 Å². The predicted molar refractivity (Wildman–Crippen MR) is 77.3 cm³/mol. The second-order valence-electron chi connectivity index (χ2n) is 8.24. The Bertz CT molecular complexity index is 304. The molecule has 0 aromatic heterocycles. The van der Waals surface area contributed by atoms with Crippen molar-refractivity contribution in [2.45, 2.75) is 78.2 Å². The zero-order valence-electron chi connectivity index (χ0n) is 12.5. The highest BCUT2D eigenvalue weighted by atomic mass is 14.8. The standard InChI is InChI=1S/C17H31N/c1-4-14(5-2)15(18)17-9-12-6-13(10-17)8-16(3,7-12)11-17/h12-15H,4-11,18H2,1-3H3. The van der Waals surface area contributed by atoms with Crippen LogP contribution in [0.2, 0.25) is 0 Å². The Balaban J connectivity index is 1.86. The first kappa shape index (κ1) is 13.0. The van der Waals surface area contributed by atoms with E-state index in [0.717, 1.165) is 17.8 Å². The zero-order chi connectivity index (χ0) is 13.0. The molecule has 4 bridgehead atoms. The molecule has 0 aromatic rings. The van der Waals surface area contributed by atoms with Gasteiger partial charge in [0.25, 0.3) is 0 Å². The topological polar surface area (TPSA) is 26.0 Å². The van der Waals surface area contributed by atoms with Gasteiger partial charge in [-0.1, -0.05) is 33.6 Å². The Morgan fingerprint density at radius 1 is 1.06 bits per heavy atom. The van der Waals surface area contributed by atoms with Gasteiger partial charge in [0.15, 0.2) is 0 Å². The summed E-state index contributed by atoms with van der Waals surface area (Å²) in [7, 11) is 0. The predicted octanol–water partition coefficient (Wildman–Crippen LogP) is 4.36. The lowest BCUT2D eigenvalue weighted by molar-refractivity contribution is -0.120. The molecular weight excluding hydrogens is 218 g/mol. The van der Waals surface area contributed by atoms with Crippen molar-refractivity contribution >= 4 is 0 Å². The molecule has 4 aliphatic carbocycles. The summed E-state index contributed by atoms with van der Waals surface area (Å²) in [6.45, 7) is 7.21. The molecule has 0 saturated heterocycles. The van der Waals surface area contributed by atoms with Gasteiger partial charge in [-0.15, -0.1) is 0 Å². The lowest BCUT2D eigenvalue weighted by Gasteiger charge is -2.64. The third-order valence-corrected chi connectivity index (χ3v) is 6.66. The number of rotatable bonds is 4. The quantitative estimate of drug-likeness (QED) is 0.787. The van der Waals surface area contributed by atoms with Crippen molar-refractivity contribution < 1.29 is 0 Å².